The van der Waals surface area contributed by atoms with Gasteiger partial charge >= 0.3 is 0 Å². The zero-order valence-corrected chi connectivity index (χ0v) is 11.4. The molecule has 0 spiro atoms. The Kier molecular flexibility index (Phi) is 4.21. The van der Waals surface area contributed by atoms with Gasteiger partial charge in [-0.3, -0.25) is 4.68 Å². The molecule has 3 nitrogen and oxygen atoms in total. The standard InChI is InChI=1S/C14H25N3/c1-11(2)14-13(10-17(3)16-14)9-15-8-7-12-5-4-6-12/h10-12,15H,4-9H2,1-3H3. The van der Waals surface area contributed by atoms with Crippen LogP contribution in [0.15, 0.2) is 6.20 Å². The van der Waals surface area contributed by atoms with E-state index in [-0.39, 0.29) is 0 Å². The van der Waals surface area contributed by atoms with E-state index >= 15 is 0 Å². The first-order valence-electron chi connectivity index (χ1n) is 6.90. The van der Waals surface area contributed by atoms with Gasteiger partial charge < -0.3 is 5.32 Å². The SMILES string of the molecule is CC(C)c1nn(C)cc1CNCCC1CCC1. The smallest absolute Gasteiger partial charge is 0.0694 e. The minimum absolute atomic E-state index is 0.514. The molecule has 1 saturated carbocycles. The molecule has 1 aliphatic carbocycles. The van der Waals surface area contributed by atoms with E-state index in [4.69, 9.17) is 0 Å². The molecule has 96 valence electrons. The molecule has 0 radical (unpaired) electrons. The molecule has 0 unspecified atom stereocenters. The van der Waals surface area contributed by atoms with Crippen LogP contribution in [-0.2, 0) is 13.6 Å². The molecule has 1 aromatic rings. The van der Waals surface area contributed by atoms with Crippen LogP contribution in [0.25, 0.3) is 0 Å². The Morgan fingerprint density at radius 1 is 1.47 bits per heavy atom. The zero-order chi connectivity index (χ0) is 12.3. The van der Waals surface area contributed by atoms with E-state index < -0.39 is 0 Å². The third-order valence-electron chi connectivity index (χ3n) is 3.75. The van der Waals surface area contributed by atoms with Crippen LogP contribution in [0.1, 0.15) is 56.7 Å². The van der Waals surface area contributed by atoms with Crippen LogP contribution in [0.2, 0.25) is 0 Å². The fourth-order valence-electron chi connectivity index (χ4n) is 2.49. The first-order chi connectivity index (χ1) is 8.16. The number of aromatic nitrogens is 2. The number of hydrogen-bond acceptors (Lipinski definition) is 2. The molecule has 1 fully saturated rings. The summed E-state index contributed by atoms with van der Waals surface area (Å²) in [5.74, 6) is 1.51. The lowest BCUT2D eigenvalue weighted by molar-refractivity contribution is 0.292. The second-order valence-electron chi connectivity index (χ2n) is 5.63. The molecule has 1 N–H and O–H groups in total. The largest absolute Gasteiger partial charge is 0.313 e. The molecule has 1 heterocycles. The molecule has 1 aliphatic rings. The summed E-state index contributed by atoms with van der Waals surface area (Å²) in [5.41, 5.74) is 2.60. The van der Waals surface area contributed by atoms with Crippen molar-refractivity contribution in [2.45, 2.75) is 52.0 Å². The summed E-state index contributed by atoms with van der Waals surface area (Å²) in [5, 5.41) is 8.08. The molecule has 3 heteroatoms. The lowest BCUT2D eigenvalue weighted by atomic mass is 9.83. The minimum atomic E-state index is 0.514. The Balaban J connectivity index is 1.77. The van der Waals surface area contributed by atoms with Crippen molar-refractivity contribution in [3.63, 3.8) is 0 Å². The second-order valence-corrected chi connectivity index (χ2v) is 5.63. The van der Waals surface area contributed by atoms with Gasteiger partial charge in [-0.2, -0.15) is 5.10 Å². The molecule has 2 rings (SSSR count). The van der Waals surface area contributed by atoms with E-state index in [1.54, 1.807) is 0 Å². The van der Waals surface area contributed by atoms with Crippen molar-refractivity contribution in [3.05, 3.63) is 17.5 Å². The molecule has 0 saturated heterocycles. The quantitative estimate of drug-likeness (QED) is 0.768. The van der Waals surface area contributed by atoms with Gasteiger partial charge in [-0.1, -0.05) is 33.1 Å². The number of aryl methyl sites for hydroxylation is 1. The molecule has 0 aliphatic heterocycles. The fraction of sp³-hybridized carbons (Fsp3) is 0.786. The number of rotatable bonds is 6. The van der Waals surface area contributed by atoms with Crippen molar-refractivity contribution in [2.75, 3.05) is 6.54 Å². The Morgan fingerprint density at radius 3 is 2.82 bits per heavy atom. The molecular weight excluding hydrogens is 210 g/mol. The summed E-state index contributed by atoms with van der Waals surface area (Å²) in [4.78, 5) is 0. The lowest BCUT2D eigenvalue weighted by Crippen LogP contribution is -2.21. The van der Waals surface area contributed by atoms with Crippen LogP contribution >= 0.6 is 0 Å². The van der Waals surface area contributed by atoms with Gasteiger partial charge in [0.1, 0.15) is 0 Å². The van der Waals surface area contributed by atoms with Crippen LogP contribution in [0.4, 0.5) is 0 Å². The monoisotopic (exact) mass is 235 g/mol. The number of nitrogens with zero attached hydrogens (tertiary/aromatic N) is 2. The van der Waals surface area contributed by atoms with Gasteiger partial charge in [-0.25, -0.2) is 0 Å². The van der Waals surface area contributed by atoms with Gasteiger partial charge in [0.25, 0.3) is 0 Å². The first-order valence-corrected chi connectivity index (χ1v) is 6.90. The topological polar surface area (TPSA) is 29.9 Å². The maximum absolute atomic E-state index is 4.53. The van der Waals surface area contributed by atoms with Crippen molar-refractivity contribution in [1.29, 1.82) is 0 Å². The fourth-order valence-corrected chi connectivity index (χ4v) is 2.49. The summed E-state index contributed by atoms with van der Waals surface area (Å²) < 4.78 is 1.93. The predicted molar refractivity (Wildman–Crippen MR) is 71.0 cm³/mol. The molecule has 0 amide bonds. The van der Waals surface area contributed by atoms with Crippen molar-refractivity contribution in [3.8, 4) is 0 Å². The molecule has 0 bridgehead atoms. The van der Waals surface area contributed by atoms with E-state index in [9.17, 15) is 0 Å². The van der Waals surface area contributed by atoms with Crippen molar-refractivity contribution < 1.29 is 0 Å². The van der Waals surface area contributed by atoms with E-state index in [0.29, 0.717) is 5.92 Å². The lowest BCUT2D eigenvalue weighted by Gasteiger charge is -2.25. The summed E-state index contributed by atoms with van der Waals surface area (Å²) >= 11 is 0. The van der Waals surface area contributed by atoms with Gasteiger partial charge in [0.15, 0.2) is 0 Å². The normalized spacial score (nSPS) is 16.5. The molecule has 17 heavy (non-hydrogen) atoms. The Morgan fingerprint density at radius 2 is 2.24 bits per heavy atom. The molecular formula is C14H25N3. The van der Waals surface area contributed by atoms with Crippen LogP contribution in [-0.4, -0.2) is 16.3 Å². The van der Waals surface area contributed by atoms with Crippen LogP contribution < -0.4 is 5.32 Å². The maximum atomic E-state index is 4.53. The number of hydrogen-bond donors (Lipinski definition) is 1. The second kappa shape index (κ2) is 5.67. The van der Waals surface area contributed by atoms with Crippen LogP contribution in [0.5, 0.6) is 0 Å². The van der Waals surface area contributed by atoms with Crippen molar-refractivity contribution in [2.24, 2.45) is 13.0 Å². The van der Waals surface area contributed by atoms with Crippen LogP contribution in [0, 0.1) is 5.92 Å². The maximum Gasteiger partial charge on any atom is 0.0694 e. The van der Waals surface area contributed by atoms with Crippen molar-refractivity contribution >= 4 is 0 Å². The van der Waals surface area contributed by atoms with E-state index in [2.05, 4.69) is 30.5 Å². The summed E-state index contributed by atoms with van der Waals surface area (Å²) in [6, 6.07) is 0. The third-order valence-corrected chi connectivity index (χ3v) is 3.75. The highest BCUT2D eigenvalue weighted by Gasteiger charge is 2.16. The van der Waals surface area contributed by atoms with E-state index in [0.717, 1.165) is 19.0 Å². The zero-order valence-electron chi connectivity index (χ0n) is 11.4. The highest BCUT2D eigenvalue weighted by molar-refractivity contribution is 5.19. The molecule has 1 aromatic heterocycles. The first kappa shape index (κ1) is 12.6. The van der Waals surface area contributed by atoms with E-state index in [1.165, 1.54) is 36.9 Å². The molecule has 0 atom stereocenters. The van der Waals surface area contributed by atoms with Gasteiger partial charge in [0.05, 0.1) is 5.69 Å². The third kappa shape index (κ3) is 3.32. The minimum Gasteiger partial charge on any atom is -0.313 e. The average molecular weight is 235 g/mol. The number of nitrogens with one attached hydrogen (secondary N) is 1. The van der Waals surface area contributed by atoms with Gasteiger partial charge in [0, 0.05) is 25.4 Å². The van der Waals surface area contributed by atoms with Crippen LogP contribution in [0.3, 0.4) is 0 Å². The van der Waals surface area contributed by atoms with Gasteiger partial charge in [-0.05, 0) is 24.8 Å². The summed E-state index contributed by atoms with van der Waals surface area (Å²) in [6.07, 6.45) is 7.84. The average Bonchev–Trinajstić information content (AvgIpc) is 2.57. The Bertz CT molecular complexity index is 350. The summed E-state index contributed by atoms with van der Waals surface area (Å²) in [7, 11) is 2.00. The predicted octanol–water partition coefficient (Wildman–Crippen LogP) is 2.82. The Labute approximate surface area is 105 Å². The molecule has 0 aromatic carbocycles. The van der Waals surface area contributed by atoms with E-state index in [1.807, 2.05) is 11.7 Å². The highest BCUT2D eigenvalue weighted by atomic mass is 15.3. The van der Waals surface area contributed by atoms with Crippen molar-refractivity contribution in [1.82, 2.24) is 15.1 Å². The Hall–Kier alpha value is -0.830. The van der Waals surface area contributed by atoms with Gasteiger partial charge in [0.2, 0.25) is 0 Å². The highest BCUT2D eigenvalue weighted by Crippen LogP contribution is 2.28. The van der Waals surface area contributed by atoms with Gasteiger partial charge in [-0.15, -0.1) is 0 Å². The summed E-state index contributed by atoms with van der Waals surface area (Å²) in [6.45, 7) is 6.53.